The van der Waals surface area contributed by atoms with E-state index in [2.05, 4.69) is 28.5 Å². The number of ether oxygens (including phenoxy) is 1. The summed E-state index contributed by atoms with van der Waals surface area (Å²) in [5, 5.41) is 5.72. The fourth-order valence-corrected chi connectivity index (χ4v) is 4.19. The number of aryl methyl sites for hydroxylation is 2. The monoisotopic (exact) mass is 432 g/mol. The molecule has 0 bridgehead atoms. The van der Waals surface area contributed by atoms with Gasteiger partial charge in [-0.05, 0) is 49.3 Å². The Labute approximate surface area is 184 Å². The number of nitrogens with zero attached hydrogens (tertiary/aromatic N) is 4. The smallest absolute Gasteiger partial charge is 0.259 e. The minimum Gasteiger partial charge on any atom is -0.493 e. The number of thioether (sulfide) groups is 1. The number of hydrogen-bond acceptors (Lipinski definition) is 5. The molecule has 0 spiro atoms. The molecule has 3 aromatic heterocycles. The van der Waals surface area contributed by atoms with E-state index in [0.29, 0.717) is 11.3 Å². The van der Waals surface area contributed by atoms with Crippen molar-refractivity contribution in [1.29, 1.82) is 0 Å². The van der Waals surface area contributed by atoms with Gasteiger partial charge in [0.1, 0.15) is 5.75 Å². The van der Waals surface area contributed by atoms with E-state index in [4.69, 9.17) is 4.74 Å². The van der Waals surface area contributed by atoms with Gasteiger partial charge in [-0.1, -0.05) is 0 Å². The predicted molar refractivity (Wildman–Crippen MR) is 125 cm³/mol. The van der Waals surface area contributed by atoms with E-state index in [1.807, 2.05) is 31.6 Å². The summed E-state index contributed by atoms with van der Waals surface area (Å²) in [6, 6.07) is 8.27. The van der Waals surface area contributed by atoms with Crippen LogP contribution in [-0.2, 0) is 14.1 Å². The van der Waals surface area contributed by atoms with Crippen LogP contribution in [0.15, 0.2) is 58.7 Å². The van der Waals surface area contributed by atoms with Crippen molar-refractivity contribution in [3.05, 3.63) is 59.4 Å². The van der Waals surface area contributed by atoms with E-state index in [1.165, 1.54) is 12.8 Å². The molecule has 158 valence electrons. The summed E-state index contributed by atoms with van der Waals surface area (Å²) in [5.41, 5.74) is 3.60. The first kappa shape index (κ1) is 19.9. The summed E-state index contributed by atoms with van der Waals surface area (Å²) in [5.74, 6) is 1.51. The number of aromatic nitrogens is 4. The van der Waals surface area contributed by atoms with E-state index in [9.17, 15) is 4.79 Å². The number of benzene rings is 1. The molecular formula is C24H24N4O2S. The van der Waals surface area contributed by atoms with Gasteiger partial charge in [0.15, 0.2) is 0 Å². The molecular weight excluding hydrogens is 408 g/mol. The molecule has 0 aliphatic heterocycles. The third kappa shape index (κ3) is 3.85. The third-order valence-electron chi connectivity index (χ3n) is 5.72. The first-order chi connectivity index (χ1) is 15.0. The first-order valence-corrected chi connectivity index (χ1v) is 11.6. The van der Waals surface area contributed by atoms with Crippen LogP contribution in [0.3, 0.4) is 0 Å². The Kier molecular flexibility index (Phi) is 5.06. The number of pyridine rings is 2. The Morgan fingerprint density at radius 3 is 2.65 bits per heavy atom. The Morgan fingerprint density at radius 2 is 1.94 bits per heavy atom. The van der Waals surface area contributed by atoms with Crippen molar-refractivity contribution in [3.63, 3.8) is 0 Å². The lowest BCUT2D eigenvalue weighted by Gasteiger charge is -2.16. The van der Waals surface area contributed by atoms with Crippen molar-refractivity contribution < 1.29 is 4.74 Å². The minimum atomic E-state index is -0.0644. The van der Waals surface area contributed by atoms with Crippen molar-refractivity contribution in [1.82, 2.24) is 19.3 Å². The van der Waals surface area contributed by atoms with Crippen LogP contribution in [0.4, 0.5) is 0 Å². The summed E-state index contributed by atoms with van der Waals surface area (Å²) in [6.07, 6.45) is 11.8. The Hall–Kier alpha value is -3.06. The summed E-state index contributed by atoms with van der Waals surface area (Å²) in [7, 11) is 3.66. The van der Waals surface area contributed by atoms with Crippen molar-refractivity contribution in [3.8, 4) is 28.1 Å². The maximum absolute atomic E-state index is 12.9. The van der Waals surface area contributed by atoms with Crippen molar-refractivity contribution in [2.24, 2.45) is 20.0 Å². The van der Waals surface area contributed by atoms with Crippen LogP contribution < -0.4 is 10.3 Å². The van der Waals surface area contributed by atoms with Crippen LogP contribution >= 0.6 is 11.8 Å². The maximum atomic E-state index is 12.9. The molecule has 6 nitrogen and oxygen atoms in total. The van der Waals surface area contributed by atoms with Gasteiger partial charge in [-0.25, -0.2) is 0 Å². The second-order valence-electron chi connectivity index (χ2n) is 8.09. The van der Waals surface area contributed by atoms with Gasteiger partial charge in [-0.2, -0.15) is 5.10 Å². The first-order valence-electron chi connectivity index (χ1n) is 10.3. The summed E-state index contributed by atoms with van der Waals surface area (Å²) < 4.78 is 9.60. The predicted octanol–water partition coefficient (Wildman–Crippen LogP) is 4.51. The lowest BCUT2D eigenvalue weighted by Crippen LogP contribution is -2.17. The highest BCUT2D eigenvalue weighted by Gasteiger charge is 2.23. The molecule has 0 unspecified atom stereocenters. The second kappa shape index (κ2) is 7.89. The van der Waals surface area contributed by atoms with E-state index in [-0.39, 0.29) is 5.56 Å². The van der Waals surface area contributed by atoms with Gasteiger partial charge in [0.05, 0.1) is 23.9 Å². The zero-order valence-corrected chi connectivity index (χ0v) is 18.6. The molecule has 0 saturated heterocycles. The van der Waals surface area contributed by atoms with Crippen LogP contribution in [0.2, 0.25) is 0 Å². The third-order valence-corrected chi connectivity index (χ3v) is 6.44. The van der Waals surface area contributed by atoms with Gasteiger partial charge in [0.25, 0.3) is 5.56 Å². The average Bonchev–Trinajstić information content (AvgIpc) is 3.52. The highest BCUT2D eigenvalue weighted by Crippen LogP contribution is 2.39. The van der Waals surface area contributed by atoms with Gasteiger partial charge in [0.2, 0.25) is 0 Å². The lowest BCUT2D eigenvalue weighted by molar-refractivity contribution is 0.301. The summed E-state index contributed by atoms with van der Waals surface area (Å²) >= 11 is 1.69. The average molecular weight is 433 g/mol. The molecule has 31 heavy (non-hydrogen) atoms. The Morgan fingerprint density at radius 1 is 1.10 bits per heavy atom. The van der Waals surface area contributed by atoms with Gasteiger partial charge >= 0.3 is 0 Å². The number of fused-ring (bicyclic) bond motifs is 1. The normalized spacial score (nSPS) is 13.6. The topological polar surface area (TPSA) is 61.9 Å². The molecule has 0 amide bonds. The molecule has 3 heterocycles. The van der Waals surface area contributed by atoms with Crippen LogP contribution in [0.1, 0.15) is 12.8 Å². The Balaban J connectivity index is 1.73. The molecule has 0 atom stereocenters. The quantitative estimate of drug-likeness (QED) is 0.420. The van der Waals surface area contributed by atoms with Gasteiger partial charge in [-0.3, -0.25) is 14.5 Å². The summed E-state index contributed by atoms with van der Waals surface area (Å²) in [6.45, 7) is 0.734. The molecule has 1 fully saturated rings. The van der Waals surface area contributed by atoms with Gasteiger partial charge in [-0.15, -0.1) is 11.8 Å². The minimum absolute atomic E-state index is 0.0644. The van der Waals surface area contributed by atoms with Crippen molar-refractivity contribution in [2.75, 3.05) is 12.9 Å². The van der Waals surface area contributed by atoms with E-state index in [1.54, 1.807) is 40.5 Å². The molecule has 1 aromatic carbocycles. The largest absolute Gasteiger partial charge is 0.493 e. The Bertz CT molecular complexity index is 1340. The van der Waals surface area contributed by atoms with Crippen molar-refractivity contribution in [2.45, 2.75) is 17.7 Å². The fraction of sp³-hybridized carbons (Fsp3) is 0.292. The summed E-state index contributed by atoms with van der Waals surface area (Å²) in [4.78, 5) is 18.6. The van der Waals surface area contributed by atoms with Crippen LogP contribution in [0.5, 0.6) is 5.75 Å². The molecule has 0 radical (unpaired) electrons. The number of rotatable bonds is 6. The van der Waals surface area contributed by atoms with Crippen LogP contribution in [-0.4, -0.2) is 32.2 Å². The molecule has 1 aliphatic rings. The van der Waals surface area contributed by atoms with E-state index in [0.717, 1.165) is 45.0 Å². The highest BCUT2D eigenvalue weighted by molar-refractivity contribution is 7.98. The molecule has 7 heteroatoms. The SMILES string of the molecule is CSc1ccc(OCC2CC2)c(-c2cn(C)c(=O)c3cnc(-c4cnn(C)c4)cc23)c1. The fourth-order valence-electron chi connectivity index (χ4n) is 3.75. The van der Waals surface area contributed by atoms with Crippen LogP contribution in [0, 0.1) is 5.92 Å². The maximum Gasteiger partial charge on any atom is 0.259 e. The van der Waals surface area contributed by atoms with E-state index >= 15 is 0 Å². The molecule has 5 rings (SSSR count). The van der Waals surface area contributed by atoms with Crippen molar-refractivity contribution >= 4 is 22.5 Å². The number of hydrogen-bond donors (Lipinski definition) is 0. The van der Waals surface area contributed by atoms with E-state index < -0.39 is 0 Å². The molecule has 1 aliphatic carbocycles. The molecule has 4 aromatic rings. The van der Waals surface area contributed by atoms with Gasteiger partial charge < -0.3 is 9.30 Å². The standard InChI is InChI=1S/C24H24N4O2S/c1-27-13-21(19-8-17(31-3)6-7-23(19)30-14-15-4-5-15)18-9-22(16-10-26-28(2)12-16)25-11-20(18)24(27)29/h6-13,15H,4-5,14H2,1-3H3. The van der Waals surface area contributed by atoms with Gasteiger partial charge in [0, 0.05) is 59.7 Å². The lowest BCUT2D eigenvalue weighted by atomic mass is 9.99. The zero-order valence-electron chi connectivity index (χ0n) is 17.8. The van der Waals surface area contributed by atoms with Crippen LogP contribution in [0.25, 0.3) is 33.2 Å². The highest BCUT2D eigenvalue weighted by atomic mass is 32.2. The molecule has 1 saturated carbocycles. The second-order valence-corrected chi connectivity index (χ2v) is 8.97. The molecule has 0 N–H and O–H groups in total. The zero-order chi connectivity index (χ0) is 21.5.